The van der Waals surface area contributed by atoms with E-state index in [9.17, 15) is 9.59 Å². The summed E-state index contributed by atoms with van der Waals surface area (Å²) in [5.41, 5.74) is 10.0. The Morgan fingerprint density at radius 2 is 1.65 bits per heavy atom. The van der Waals surface area contributed by atoms with Crippen LogP contribution in [0.25, 0.3) is 10.9 Å². The van der Waals surface area contributed by atoms with Gasteiger partial charge in [-0.3, -0.25) is 9.59 Å². The van der Waals surface area contributed by atoms with E-state index in [1.54, 1.807) is 30.3 Å². The van der Waals surface area contributed by atoms with Crippen LogP contribution in [0.2, 0.25) is 0 Å². The average Bonchev–Trinajstić information content (AvgIpc) is 2.82. The molecular formula is C18H17N3O2. The minimum Gasteiger partial charge on any atom is -0.366 e. The van der Waals surface area contributed by atoms with Gasteiger partial charge in [-0.2, -0.15) is 0 Å². The smallest absolute Gasteiger partial charge is 0.255 e. The van der Waals surface area contributed by atoms with Gasteiger partial charge in [-0.05, 0) is 61.9 Å². The van der Waals surface area contributed by atoms with Crippen LogP contribution in [-0.4, -0.2) is 16.8 Å². The summed E-state index contributed by atoms with van der Waals surface area (Å²) in [6.07, 6.45) is 0. The summed E-state index contributed by atoms with van der Waals surface area (Å²) >= 11 is 0. The average molecular weight is 307 g/mol. The van der Waals surface area contributed by atoms with Crippen LogP contribution in [0, 0.1) is 13.8 Å². The van der Waals surface area contributed by atoms with Crippen molar-refractivity contribution < 1.29 is 9.59 Å². The molecule has 2 amide bonds. The molecule has 0 unspecified atom stereocenters. The third-order valence-electron chi connectivity index (χ3n) is 4.00. The number of aromatic nitrogens is 1. The maximum Gasteiger partial charge on any atom is 0.255 e. The summed E-state index contributed by atoms with van der Waals surface area (Å²) in [7, 11) is 0. The van der Waals surface area contributed by atoms with Crippen LogP contribution in [-0.2, 0) is 0 Å². The van der Waals surface area contributed by atoms with Gasteiger partial charge in [0.25, 0.3) is 5.91 Å². The van der Waals surface area contributed by atoms with Gasteiger partial charge >= 0.3 is 0 Å². The SMILES string of the molecule is Cc1[nH]c2ccc(C(=O)Nc3ccc(C(N)=O)cc3)cc2c1C. The molecule has 0 saturated heterocycles. The van der Waals surface area contributed by atoms with Crippen LogP contribution >= 0.6 is 0 Å². The van der Waals surface area contributed by atoms with Crippen LogP contribution in [0.4, 0.5) is 5.69 Å². The van der Waals surface area contributed by atoms with Crippen LogP contribution in [0.15, 0.2) is 42.5 Å². The highest BCUT2D eigenvalue weighted by molar-refractivity contribution is 6.06. The number of hydrogen-bond acceptors (Lipinski definition) is 2. The second-order valence-corrected chi connectivity index (χ2v) is 5.53. The van der Waals surface area contributed by atoms with Crippen molar-refractivity contribution in [3.63, 3.8) is 0 Å². The first kappa shape index (κ1) is 14.8. The molecule has 0 saturated carbocycles. The Labute approximate surface area is 133 Å². The molecule has 5 heteroatoms. The lowest BCUT2D eigenvalue weighted by atomic mass is 10.1. The molecule has 116 valence electrons. The van der Waals surface area contributed by atoms with E-state index in [0.29, 0.717) is 16.8 Å². The third-order valence-corrected chi connectivity index (χ3v) is 4.00. The third kappa shape index (κ3) is 2.81. The minimum atomic E-state index is -0.494. The van der Waals surface area contributed by atoms with Crippen LogP contribution in [0.1, 0.15) is 32.0 Å². The highest BCUT2D eigenvalue weighted by Gasteiger charge is 2.10. The van der Waals surface area contributed by atoms with Crippen molar-refractivity contribution >= 4 is 28.4 Å². The first-order valence-corrected chi connectivity index (χ1v) is 7.26. The predicted molar refractivity (Wildman–Crippen MR) is 90.7 cm³/mol. The standard InChI is InChI=1S/C18H17N3O2/c1-10-11(2)20-16-8-5-13(9-15(10)16)18(23)21-14-6-3-12(4-7-14)17(19)22/h3-9,20H,1-2H3,(H2,19,22)(H,21,23). The van der Waals surface area contributed by atoms with E-state index in [1.165, 1.54) is 0 Å². The normalized spacial score (nSPS) is 10.7. The summed E-state index contributed by atoms with van der Waals surface area (Å²) in [6, 6.07) is 12.0. The van der Waals surface area contributed by atoms with Crippen molar-refractivity contribution in [1.29, 1.82) is 0 Å². The molecule has 0 atom stereocenters. The van der Waals surface area contributed by atoms with Crippen molar-refractivity contribution in [1.82, 2.24) is 4.98 Å². The van der Waals surface area contributed by atoms with Gasteiger partial charge in [0.2, 0.25) is 5.91 Å². The minimum absolute atomic E-state index is 0.197. The number of benzene rings is 2. The zero-order valence-electron chi connectivity index (χ0n) is 12.9. The topological polar surface area (TPSA) is 88.0 Å². The number of rotatable bonds is 3. The predicted octanol–water partition coefficient (Wildman–Crippen LogP) is 3.14. The Balaban J connectivity index is 1.85. The molecule has 0 aliphatic carbocycles. The molecule has 23 heavy (non-hydrogen) atoms. The van der Waals surface area contributed by atoms with E-state index in [1.807, 2.05) is 26.0 Å². The summed E-state index contributed by atoms with van der Waals surface area (Å²) in [5.74, 6) is -0.691. The van der Waals surface area contributed by atoms with Crippen LogP contribution < -0.4 is 11.1 Å². The second-order valence-electron chi connectivity index (χ2n) is 5.53. The summed E-state index contributed by atoms with van der Waals surface area (Å²) in [4.78, 5) is 26.7. The molecule has 0 bridgehead atoms. The molecule has 0 spiro atoms. The summed E-state index contributed by atoms with van der Waals surface area (Å²) in [6.45, 7) is 4.04. The zero-order chi connectivity index (χ0) is 16.6. The highest BCUT2D eigenvalue weighted by Crippen LogP contribution is 2.23. The molecule has 3 aromatic rings. The highest BCUT2D eigenvalue weighted by atomic mass is 16.2. The lowest BCUT2D eigenvalue weighted by Crippen LogP contribution is -2.13. The van der Waals surface area contributed by atoms with Gasteiger partial charge in [-0.25, -0.2) is 0 Å². The molecule has 4 N–H and O–H groups in total. The number of aromatic amines is 1. The van der Waals surface area contributed by atoms with E-state index in [4.69, 9.17) is 5.73 Å². The Morgan fingerprint density at radius 1 is 1.00 bits per heavy atom. The van der Waals surface area contributed by atoms with Crippen LogP contribution in [0.5, 0.6) is 0 Å². The maximum absolute atomic E-state index is 12.4. The first-order valence-electron chi connectivity index (χ1n) is 7.26. The number of fused-ring (bicyclic) bond motifs is 1. The second kappa shape index (κ2) is 5.61. The van der Waals surface area contributed by atoms with Crippen molar-refractivity contribution in [3.05, 3.63) is 64.8 Å². The van der Waals surface area contributed by atoms with Crippen LogP contribution in [0.3, 0.4) is 0 Å². The molecule has 1 heterocycles. The van der Waals surface area contributed by atoms with Gasteiger partial charge in [-0.1, -0.05) is 0 Å². The Kier molecular flexibility index (Phi) is 3.62. The van der Waals surface area contributed by atoms with Crippen molar-refractivity contribution in [3.8, 4) is 0 Å². The molecule has 2 aromatic carbocycles. The fourth-order valence-corrected chi connectivity index (χ4v) is 2.52. The van der Waals surface area contributed by atoms with E-state index in [0.717, 1.165) is 22.2 Å². The molecule has 1 aromatic heterocycles. The molecule has 0 radical (unpaired) electrons. The van der Waals surface area contributed by atoms with Gasteiger partial charge in [0.15, 0.2) is 0 Å². The van der Waals surface area contributed by atoms with Gasteiger partial charge in [0.05, 0.1) is 0 Å². The van der Waals surface area contributed by atoms with Crippen molar-refractivity contribution in [2.75, 3.05) is 5.32 Å². The van der Waals surface area contributed by atoms with Gasteiger partial charge in [0, 0.05) is 33.4 Å². The number of carbonyl (C=O) groups excluding carboxylic acids is 2. The van der Waals surface area contributed by atoms with Gasteiger partial charge < -0.3 is 16.0 Å². The lowest BCUT2D eigenvalue weighted by Gasteiger charge is -2.06. The largest absolute Gasteiger partial charge is 0.366 e. The first-order chi connectivity index (χ1) is 11.0. The molecular weight excluding hydrogens is 290 g/mol. The molecule has 3 rings (SSSR count). The number of amides is 2. The monoisotopic (exact) mass is 307 g/mol. The fraction of sp³-hybridized carbons (Fsp3) is 0.111. The number of aryl methyl sites for hydroxylation is 2. The molecule has 0 aliphatic rings. The molecule has 0 fully saturated rings. The fourth-order valence-electron chi connectivity index (χ4n) is 2.52. The zero-order valence-corrected chi connectivity index (χ0v) is 12.9. The van der Waals surface area contributed by atoms with E-state index in [-0.39, 0.29) is 5.91 Å². The number of nitrogens with two attached hydrogens (primary N) is 1. The number of H-pyrrole nitrogens is 1. The molecule has 0 aliphatic heterocycles. The number of hydrogen-bond donors (Lipinski definition) is 3. The van der Waals surface area contributed by atoms with Crippen molar-refractivity contribution in [2.45, 2.75) is 13.8 Å². The lowest BCUT2D eigenvalue weighted by molar-refractivity contribution is 0.0998. The maximum atomic E-state index is 12.4. The van der Waals surface area contributed by atoms with Gasteiger partial charge in [-0.15, -0.1) is 0 Å². The van der Waals surface area contributed by atoms with E-state index >= 15 is 0 Å². The van der Waals surface area contributed by atoms with E-state index in [2.05, 4.69) is 10.3 Å². The van der Waals surface area contributed by atoms with Gasteiger partial charge in [0.1, 0.15) is 0 Å². The number of nitrogens with one attached hydrogen (secondary N) is 2. The summed E-state index contributed by atoms with van der Waals surface area (Å²) < 4.78 is 0. The number of anilines is 1. The summed E-state index contributed by atoms with van der Waals surface area (Å²) in [5, 5.41) is 3.86. The Bertz CT molecular complexity index is 908. The Morgan fingerprint density at radius 3 is 2.30 bits per heavy atom. The van der Waals surface area contributed by atoms with E-state index < -0.39 is 5.91 Å². The Hall–Kier alpha value is -3.08. The number of primary amides is 1. The quantitative estimate of drug-likeness (QED) is 0.694. The number of carbonyl (C=O) groups is 2. The van der Waals surface area contributed by atoms with Crippen molar-refractivity contribution in [2.24, 2.45) is 5.73 Å². The molecule has 5 nitrogen and oxygen atoms in total.